The van der Waals surface area contributed by atoms with Crippen LogP contribution in [0.5, 0.6) is 0 Å². The zero-order chi connectivity index (χ0) is 11.4. The Morgan fingerprint density at radius 3 is 3.00 bits per heavy atom. The third-order valence-corrected chi connectivity index (χ3v) is 1.78. The van der Waals surface area contributed by atoms with Crippen LogP contribution in [0.3, 0.4) is 0 Å². The highest BCUT2D eigenvalue weighted by Crippen LogP contribution is 2.09. The Morgan fingerprint density at radius 1 is 1.73 bits per heavy atom. The number of hydrogen-bond donors (Lipinski definition) is 4. The normalized spacial score (nSPS) is 12.1. The van der Waals surface area contributed by atoms with Gasteiger partial charge in [0, 0.05) is 12.5 Å². The fourth-order valence-electron chi connectivity index (χ4n) is 1.11. The number of rotatable bonds is 4. The smallest absolute Gasteiger partial charge is 0.276 e. The third kappa shape index (κ3) is 2.97. The van der Waals surface area contributed by atoms with Gasteiger partial charge in [-0.25, -0.2) is 4.98 Å². The Morgan fingerprint density at radius 2 is 2.40 bits per heavy atom. The van der Waals surface area contributed by atoms with Crippen LogP contribution in [0.2, 0.25) is 0 Å². The van der Waals surface area contributed by atoms with Gasteiger partial charge in [0.25, 0.3) is 5.56 Å². The van der Waals surface area contributed by atoms with Crippen molar-refractivity contribution in [2.24, 2.45) is 5.73 Å². The van der Waals surface area contributed by atoms with E-state index >= 15 is 0 Å². The van der Waals surface area contributed by atoms with E-state index in [0.717, 1.165) is 0 Å². The predicted octanol–water partition coefficient (Wildman–Crippen LogP) is -0.972. The summed E-state index contributed by atoms with van der Waals surface area (Å²) >= 11 is 0. The monoisotopic (exact) mass is 211 g/mol. The minimum atomic E-state index is -0.432. The summed E-state index contributed by atoms with van der Waals surface area (Å²) in [5.74, 6) is -0.175. The molecule has 0 radical (unpaired) electrons. The van der Waals surface area contributed by atoms with Crippen LogP contribution in [0.15, 0.2) is 11.1 Å². The standard InChI is InChI=1S/C8H13N5O2/c1-4(2-5(9)14)13-7-6(10)8(15)12-3-11-7/h3-4H,2,10H2,1H3,(H2,9,14)(H2,11,12,13,15). The number of aromatic amines is 1. The van der Waals surface area contributed by atoms with Crippen LogP contribution in [0.4, 0.5) is 11.5 Å². The Kier molecular flexibility index (Phi) is 3.27. The molecule has 0 saturated heterocycles. The maximum Gasteiger partial charge on any atom is 0.276 e. The molecular weight excluding hydrogens is 198 g/mol. The van der Waals surface area contributed by atoms with Crippen LogP contribution in [0.1, 0.15) is 13.3 Å². The van der Waals surface area contributed by atoms with Gasteiger partial charge in [0.1, 0.15) is 5.69 Å². The van der Waals surface area contributed by atoms with Crippen LogP contribution in [-0.4, -0.2) is 21.9 Å². The fraction of sp³-hybridized carbons (Fsp3) is 0.375. The number of anilines is 2. The second-order valence-corrected chi connectivity index (χ2v) is 3.21. The van der Waals surface area contributed by atoms with Gasteiger partial charge in [-0.1, -0.05) is 0 Å². The van der Waals surface area contributed by atoms with E-state index in [1.54, 1.807) is 6.92 Å². The first kappa shape index (κ1) is 11.0. The number of hydrogen-bond acceptors (Lipinski definition) is 5. The molecule has 1 unspecified atom stereocenters. The molecule has 1 heterocycles. The minimum Gasteiger partial charge on any atom is -0.391 e. The molecule has 1 amide bonds. The molecule has 0 aliphatic heterocycles. The van der Waals surface area contributed by atoms with Crippen molar-refractivity contribution in [1.82, 2.24) is 9.97 Å². The topological polar surface area (TPSA) is 127 Å². The van der Waals surface area contributed by atoms with Gasteiger partial charge in [-0.15, -0.1) is 0 Å². The molecule has 15 heavy (non-hydrogen) atoms. The first-order valence-electron chi connectivity index (χ1n) is 4.38. The van der Waals surface area contributed by atoms with Gasteiger partial charge in [-0.2, -0.15) is 0 Å². The maximum atomic E-state index is 11.1. The third-order valence-electron chi connectivity index (χ3n) is 1.78. The number of nitrogens with two attached hydrogens (primary N) is 2. The molecule has 0 spiro atoms. The zero-order valence-electron chi connectivity index (χ0n) is 8.28. The molecule has 0 aromatic carbocycles. The van der Waals surface area contributed by atoms with Crippen LogP contribution in [0.25, 0.3) is 0 Å². The first-order valence-corrected chi connectivity index (χ1v) is 4.38. The SMILES string of the molecule is CC(CC(N)=O)Nc1nc[nH]c(=O)c1N. The van der Waals surface area contributed by atoms with Gasteiger partial charge in [-0.05, 0) is 6.92 Å². The fourth-order valence-corrected chi connectivity index (χ4v) is 1.11. The Hall–Kier alpha value is -2.05. The molecule has 7 nitrogen and oxygen atoms in total. The lowest BCUT2D eigenvalue weighted by Gasteiger charge is -2.13. The highest BCUT2D eigenvalue weighted by molar-refractivity contribution is 5.75. The molecule has 7 heteroatoms. The highest BCUT2D eigenvalue weighted by atomic mass is 16.1. The van der Waals surface area contributed by atoms with Gasteiger partial charge < -0.3 is 21.8 Å². The average molecular weight is 211 g/mol. The molecule has 1 aromatic rings. The van der Waals surface area contributed by atoms with Gasteiger partial charge in [0.05, 0.1) is 6.33 Å². The van der Waals surface area contributed by atoms with Gasteiger partial charge >= 0.3 is 0 Å². The van der Waals surface area contributed by atoms with Crippen molar-refractivity contribution >= 4 is 17.4 Å². The summed E-state index contributed by atoms with van der Waals surface area (Å²) in [5.41, 5.74) is 10.1. The van der Waals surface area contributed by atoms with Crippen molar-refractivity contribution in [2.75, 3.05) is 11.1 Å². The molecule has 6 N–H and O–H groups in total. The van der Waals surface area contributed by atoms with E-state index in [4.69, 9.17) is 11.5 Å². The van der Waals surface area contributed by atoms with E-state index in [0.29, 0.717) is 0 Å². The molecule has 0 bridgehead atoms. The summed E-state index contributed by atoms with van der Waals surface area (Å²) < 4.78 is 0. The number of primary amides is 1. The molecule has 0 aliphatic rings. The number of nitrogens with one attached hydrogen (secondary N) is 2. The van der Waals surface area contributed by atoms with Crippen molar-refractivity contribution in [1.29, 1.82) is 0 Å². The van der Waals surface area contributed by atoms with Crippen LogP contribution < -0.4 is 22.3 Å². The average Bonchev–Trinajstić information content (AvgIpc) is 2.11. The number of H-pyrrole nitrogens is 1. The van der Waals surface area contributed by atoms with E-state index < -0.39 is 11.5 Å². The Balaban J connectivity index is 2.76. The van der Waals surface area contributed by atoms with E-state index in [2.05, 4.69) is 15.3 Å². The van der Waals surface area contributed by atoms with Crippen molar-refractivity contribution in [3.05, 3.63) is 16.7 Å². The summed E-state index contributed by atoms with van der Waals surface area (Å²) in [4.78, 5) is 27.9. The van der Waals surface area contributed by atoms with E-state index in [1.807, 2.05) is 0 Å². The maximum absolute atomic E-state index is 11.1. The zero-order valence-corrected chi connectivity index (χ0v) is 8.28. The lowest BCUT2D eigenvalue weighted by Crippen LogP contribution is -2.26. The summed E-state index contributed by atoms with van der Waals surface area (Å²) in [6, 6.07) is -0.223. The van der Waals surface area contributed by atoms with Crippen LogP contribution >= 0.6 is 0 Å². The van der Waals surface area contributed by atoms with Gasteiger partial charge in [-0.3, -0.25) is 9.59 Å². The number of carbonyl (C=O) groups excluding carboxylic acids is 1. The van der Waals surface area contributed by atoms with Crippen molar-refractivity contribution in [2.45, 2.75) is 19.4 Å². The Bertz CT molecular complexity index is 414. The molecule has 0 saturated carbocycles. The highest BCUT2D eigenvalue weighted by Gasteiger charge is 2.09. The second-order valence-electron chi connectivity index (χ2n) is 3.21. The summed E-state index contributed by atoms with van der Waals surface area (Å²) in [7, 11) is 0. The predicted molar refractivity (Wildman–Crippen MR) is 56.2 cm³/mol. The number of nitrogen functional groups attached to an aromatic ring is 1. The lowest BCUT2D eigenvalue weighted by molar-refractivity contribution is -0.118. The Labute approximate surface area is 85.9 Å². The summed E-state index contributed by atoms with van der Waals surface area (Å²) in [6.07, 6.45) is 1.38. The molecule has 0 fully saturated rings. The summed E-state index contributed by atoms with van der Waals surface area (Å²) in [6.45, 7) is 1.74. The van der Waals surface area contributed by atoms with E-state index in [1.165, 1.54) is 6.33 Å². The van der Waals surface area contributed by atoms with E-state index in [-0.39, 0.29) is 24.0 Å². The van der Waals surface area contributed by atoms with Crippen molar-refractivity contribution in [3.8, 4) is 0 Å². The van der Waals surface area contributed by atoms with Crippen LogP contribution in [-0.2, 0) is 4.79 Å². The molecule has 1 rings (SSSR count). The molecule has 0 aliphatic carbocycles. The number of nitrogens with zero attached hydrogens (tertiary/aromatic N) is 1. The van der Waals surface area contributed by atoms with Crippen molar-refractivity contribution in [3.63, 3.8) is 0 Å². The van der Waals surface area contributed by atoms with Crippen molar-refractivity contribution < 1.29 is 4.79 Å². The minimum absolute atomic E-state index is 0.00572. The number of carbonyl (C=O) groups is 1. The summed E-state index contributed by atoms with van der Waals surface area (Å²) in [5, 5.41) is 2.83. The molecule has 82 valence electrons. The van der Waals surface area contributed by atoms with Gasteiger partial charge in [0.2, 0.25) is 5.91 Å². The quantitative estimate of drug-likeness (QED) is 0.509. The van der Waals surface area contributed by atoms with Gasteiger partial charge in [0.15, 0.2) is 5.82 Å². The largest absolute Gasteiger partial charge is 0.391 e. The number of aromatic nitrogens is 2. The second kappa shape index (κ2) is 4.45. The molecule has 1 aromatic heterocycles. The van der Waals surface area contributed by atoms with E-state index in [9.17, 15) is 9.59 Å². The first-order chi connectivity index (χ1) is 7.00. The van der Waals surface area contributed by atoms with Crippen LogP contribution in [0, 0.1) is 0 Å². The molecular formula is C8H13N5O2. The molecule has 1 atom stereocenters. The lowest BCUT2D eigenvalue weighted by atomic mass is 10.2. The number of amides is 1.